The Bertz CT molecular complexity index is 694. The summed E-state index contributed by atoms with van der Waals surface area (Å²) in [6.07, 6.45) is 2.07. The first-order valence-corrected chi connectivity index (χ1v) is 13.8. The largest absolute Gasteiger partial charge is 0.413 e. The number of carbonyl (C=O) groups is 2. The van der Waals surface area contributed by atoms with Crippen molar-refractivity contribution >= 4 is 20.0 Å². The Hall–Kier alpha value is -1.46. The number of Topliss-reactive ketones (excluding diaryl/α,β-unsaturated/α-hetero) is 1. The van der Waals surface area contributed by atoms with Crippen molar-refractivity contribution in [1.82, 2.24) is 5.32 Å². The van der Waals surface area contributed by atoms with E-state index in [1.807, 2.05) is 30.3 Å². The third kappa shape index (κ3) is 6.78. The second-order valence-corrected chi connectivity index (χ2v) is 15.3. The van der Waals surface area contributed by atoms with Crippen LogP contribution in [0.2, 0.25) is 18.1 Å². The first-order chi connectivity index (χ1) is 13.4. The van der Waals surface area contributed by atoms with Gasteiger partial charge in [0.05, 0.1) is 12.0 Å². The molecule has 4 nitrogen and oxygen atoms in total. The van der Waals surface area contributed by atoms with Crippen molar-refractivity contribution in [2.45, 2.75) is 90.6 Å². The second kappa shape index (κ2) is 9.56. The smallest absolute Gasteiger partial charge is 0.225 e. The van der Waals surface area contributed by atoms with Crippen molar-refractivity contribution in [1.29, 1.82) is 0 Å². The van der Waals surface area contributed by atoms with Crippen LogP contribution in [0.4, 0.5) is 0 Å². The molecule has 2 rings (SSSR count). The quantitative estimate of drug-likeness (QED) is 0.567. The van der Waals surface area contributed by atoms with Crippen LogP contribution >= 0.6 is 0 Å². The van der Waals surface area contributed by atoms with Gasteiger partial charge < -0.3 is 9.74 Å². The number of benzene rings is 1. The summed E-state index contributed by atoms with van der Waals surface area (Å²) in [4.78, 5) is 25.7. The van der Waals surface area contributed by atoms with Crippen molar-refractivity contribution in [3.05, 3.63) is 35.9 Å². The van der Waals surface area contributed by atoms with Gasteiger partial charge in [0.15, 0.2) is 8.32 Å². The van der Waals surface area contributed by atoms with Crippen molar-refractivity contribution in [2.24, 2.45) is 11.8 Å². The molecule has 0 unspecified atom stereocenters. The molecule has 0 spiro atoms. The van der Waals surface area contributed by atoms with E-state index in [-0.39, 0.29) is 34.8 Å². The standard InChI is InChI=1S/C24H39NO3Si/c1-17(2)13-19-15-21(23(27)25-19)22(28-29(6,7)24(3,4)5)16-20(26)14-18-11-9-8-10-12-18/h8-12,17,19,21-22H,13-16H2,1-7H3,(H,25,27)/t19-,21+,22+/m0/s1. The molecule has 0 bridgehead atoms. The van der Waals surface area contributed by atoms with Crippen LogP contribution in [0.25, 0.3) is 0 Å². The van der Waals surface area contributed by atoms with E-state index in [1.165, 1.54) is 0 Å². The zero-order valence-corrected chi connectivity index (χ0v) is 20.2. The van der Waals surface area contributed by atoms with Crippen molar-refractivity contribution in [2.75, 3.05) is 0 Å². The Morgan fingerprint density at radius 2 is 1.83 bits per heavy atom. The molecule has 1 saturated heterocycles. The highest BCUT2D eigenvalue weighted by Crippen LogP contribution is 2.40. The second-order valence-electron chi connectivity index (χ2n) is 10.5. The zero-order chi connectivity index (χ0) is 21.8. The molecule has 0 aliphatic carbocycles. The molecule has 1 fully saturated rings. The molecule has 1 amide bonds. The first kappa shape index (κ1) is 23.8. The fourth-order valence-corrected chi connectivity index (χ4v) is 5.12. The highest BCUT2D eigenvalue weighted by Gasteiger charge is 2.45. The van der Waals surface area contributed by atoms with E-state index in [0.29, 0.717) is 18.8 Å². The van der Waals surface area contributed by atoms with E-state index in [1.54, 1.807) is 0 Å². The Labute approximate surface area is 177 Å². The molecule has 1 N–H and O–H groups in total. The van der Waals surface area contributed by atoms with Crippen LogP contribution in [-0.4, -0.2) is 32.2 Å². The van der Waals surface area contributed by atoms with Crippen LogP contribution in [0.15, 0.2) is 30.3 Å². The van der Waals surface area contributed by atoms with E-state index in [4.69, 9.17) is 4.43 Å². The summed E-state index contributed by atoms with van der Waals surface area (Å²) in [6.45, 7) is 15.3. The molecule has 5 heteroatoms. The lowest BCUT2D eigenvalue weighted by atomic mass is 9.91. The normalized spacial score (nSPS) is 21.3. The Morgan fingerprint density at radius 1 is 1.21 bits per heavy atom. The fraction of sp³-hybridized carbons (Fsp3) is 0.667. The van der Waals surface area contributed by atoms with Crippen LogP contribution in [0.5, 0.6) is 0 Å². The van der Waals surface area contributed by atoms with Gasteiger partial charge in [-0.3, -0.25) is 9.59 Å². The summed E-state index contributed by atoms with van der Waals surface area (Å²) in [7, 11) is -2.11. The molecule has 29 heavy (non-hydrogen) atoms. The summed E-state index contributed by atoms with van der Waals surface area (Å²) in [5, 5.41) is 3.18. The zero-order valence-electron chi connectivity index (χ0n) is 19.2. The predicted octanol–water partition coefficient (Wildman–Crippen LogP) is 5.13. The lowest BCUT2D eigenvalue weighted by molar-refractivity contribution is -0.127. The number of carbonyl (C=O) groups excluding carboxylic acids is 2. The number of hydrogen-bond donors (Lipinski definition) is 1. The van der Waals surface area contributed by atoms with Crippen LogP contribution in [0, 0.1) is 11.8 Å². The minimum Gasteiger partial charge on any atom is -0.413 e. The molecule has 3 atom stereocenters. The van der Waals surface area contributed by atoms with Crippen molar-refractivity contribution < 1.29 is 14.0 Å². The van der Waals surface area contributed by atoms with Gasteiger partial charge in [0, 0.05) is 18.9 Å². The van der Waals surface area contributed by atoms with Gasteiger partial charge in [-0.05, 0) is 42.5 Å². The fourth-order valence-electron chi connectivity index (χ4n) is 3.77. The molecule has 0 radical (unpaired) electrons. The van der Waals surface area contributed by atoms with Gasteiger partial charge in [-0.2, -0.15) is 0 Å². The van der Waals surface area contributed by atoms with Crippen LogP contribution in [0.3, 0.4) is 0 Å². The lowest BCUT2D eigenvalue weighted by Gasteiger charge is -2.40. The van der Waals surface area contributed by atoms with E-state index in [0.717, 1.165) is 18.4 Å². The van der Waals surface area contributed by atoms with Gasteiger partial charge in [-0.15, -0.1) is 0 Å². The molecule has 162 valence electrons. The summed E-state index contributed by atoms with van der Waals surface area (Å²) in [5.74, 6) is 0.470. The third-order valence-electron chi connectivity index (χ3n) is 6.35. The SMILES string of the molecule is CC(C)C[C@H]1C[C@H]([C@@H](CC(=O)Cc2ccccc2)O[Si](C)(C)C(C)(C)C)C(=O)N1. The summed E-state index contributed by atoms with van der Waals surface area (Å²) in [6, 6.07) is 9.99. The van der Waals surface area contributed by atoms with Crippen molar-refractivity contribution in [3.63, 3.8) is 0 Å². The molecule has 1 aromatic rings. The lowest BCUT2D eigenvalue weighted by Crippen LogP contribution is -2.47. The van der Waals surface area contributed by atoms with E-state index in [2.05, 4.69) is 53.0 Å². The number of rotatable bonds is 9. The average molecular weight is 418 g/mol. The molecule has 0 aromatic heterocycles. The highest BCUT2D eigenvalue weighted by atomic mass is 28.4. The van der Waals surface area contributed by atoms with E-state index in [9.17, 15) is 9.59 Å². The third-order valence-corrected chi connectivity index (χ3v) is 10.9. The highest BCUT2D eigenvalue weighted by molar-refractivity contribution is 6.74. The van der Waals surface area contributed by atoms with Crippen LogP contribution < -0.4 is 5.32 Å². The van der Waals surface area contributed by atoms with Gasteiger partial charge in [-0.1, -0.05) is 65.0 Å². The molecule has 1 aliphatic heterocycles. The first-order valence-electron chi connectivity index (χ1n) is 10.9. The summed E-state index contributed by atoms with van der Waals surface area (Å²) >= 11 is 0. The van der Waals surface area contributed by atoms with Gasteiger partial charge >= 0.3 is 0 Å². The maximum atomic E-state index is 12.9. The van der Waals surface area contributed by atoms with Gasteiger partial charge in [0.25, 0.3) is 0 Å². The van der Waals surface area contributed by atoms with Crippen LogP contribution in [0.1, 0.15) is 59.4 Å². The average Bonchev–Trinajstić information content (AvgIpc) is 2.93. The number of hydrogen-bond acceptors (Lipinski definition) is 3. The van der Waals surface area contributed by atoms with E-state index >= 15 is 0 Å². The molecule has 1 heterocycles. The molecule has 1 aromatic carbocycles. The number of nitrogens with one attached hydrogen (secondary N) is 1. The molecular weight excluding hydrogens is 378 g/mol. The van der Waals surface area contributed by atoms with E-state index < -0.39 is 8.32 Å². The number of ketones is 1. The monoisotopic (exact) mass is 417 g/mol. The van der Waals surface area contributed by atoms with Crippen molar-refractivity contribution in [3.8, 4) is 0 Å². The summed E-state index contributed by atoms with van der Waals surface area (Å²) in [5.41, 5.74) is 1.01. The molecule has 0 saturated carbocycles. The number of amides is 1. The summed E-state index contributed by atoms with van der Waals surface area (Å²) < 4.78 is 6.68. The minimum atomic E-state index is -2.11. The molecule has 1 aliphatic rings. The van der Waals surface area contributed by atoms with Gasteiger partial charge in [0.1, 0.15) is 5.78 Å². The maximum Gasteiger partial charge on any atom is 0.225 e. The van der Waals surface area contributed by atoms with Gasteiger partial charge in [0.2, 0.25) is 5.91 Å². The Kier molecular flexibility index (Phi) is 7.85. The predicted molar refractivity (Wildman–Crippen MR) is 121 cm³/mol. The van der Waals surface area contributed by atoms with Gasteiger partial charge in [-0.25, -0.2) is 0 Å². The van der Waals surface area contributed by atoms with Crippen LogP contribution in [-0.2, 0) is 20.4 Å². The molecular formula is C24H39NO3Si. The topological polar surface area (TPSA) is 55.4 Å². The minimum absolute atomic E-state index is 0.0279. The maximum absolute atomic E-state index is 12.9. The Morgan fingerprint density at radius 3 is 2.38 bits per heavy atom. The Balaban J connectivity index is 2.17.